The Morgan fingerprint density at radius 3 is 2.22 bits per heavy atom. The van der Waals surface area contributed by atoms with Crippen molar-refractivity contribution in [1.29, 1.82) is 0 Å². The van der Waals surface area contributed by atoms with Gasteiger partial charge in [-0.15, -0.1) is 0 Å². The Bertz CT molecular complexity index is 176. The van der Waals surface area contributed by atoms with E-state index >= 15 is 0 Å². The molecule has 0 heterocycles. The molecule has 1 rings (SSSR count). The minimum atomic E-state index is 1.15. The van der Waals surface area contributed by atoms with Crippen LogP contribution in [0.4, 0.5) is 0 Å². The third kappa shape index (κ3) is 1.87. The van der Waals surface area contributed by atoms with Gasteiger partial charge in [-0.3, -0.25) is 0 Å². The van der Waals surface area contributed by atoms with E-state index in [1.165, 1.54) is 9.91 Å². The number of benzene rings is 1. The molecule has 9 heavy (non-hydrogen) atoms. The first-order valence-electron chi connectivity index (χ1n) is 3.17. The Labute approximate surface area is 64.8 Å². The third-order valence-corrected chi connectivity index (χ3v) is 2.20. The molecule has 0 bridgehead atoms. The van der Waals surface area contributed by atoms with Crippen molar-refractivity contribution in [2.75, 3.05) is 0 Å². The van der Waals surface area contributed by atoms with Crippen molar-refractivity contribution in [3.63, 3.8) is 0 Å². The minimum absolute atomic E-state index is 1.15. The summed E-state index contributed by atoms with van der Waals surface area (Å²) < 4.78 is 1.40. The van der Waals surface area contributed by atoms with Crippen molar-refractivity contribution >= 4 is 21.2 Å². The molecule has 0 saturated heterocycles. The van der Waals surface area contributed by atoms with E-state index in [9.17, 15) is 0 Å². The van der Waals surface area contributed by atoms with Gasteiger partial charge in [0.25, 0.3) is 0 Å². The molecular weight excluding hydrogens is 171 g/mol. The van der Waals surface area contributed by atoms with E-state index in [1.54, 1.807) is 16.9 Å². The van der Waals surface area contributed by atoms with Crippen molar-refractivity contribution in [1.82, 2.24) is 0 Å². The van der Waals surface area contributed by atoms with Gasteiger partial charge in [-0.2, -0.15) is 0 Å². The van der Waals surface area contributed by atoms with Crippen molar-refractivity contribution in [3.8, 4) is 0 Å². The van der Waals surface area contributed by atoms with Gasteiger partial charge in [-0.25, -0.2) is 0 Å². The van der Waals surface area contributed by atoms with E-state index in [0.717, 1.165) is 6.42 Å². The Balaban J connectivity index is 2.88. The Morgan fingerprint density at radius 2 is 1.78 bits per heavy atom. The average molecular weight is 182 g/mol. The zero-order valence-electron chi connectivity index (χ0n) is 5.59. The quantitative estimate of drug-likeness (QED) is 0.555. The fourth-order valence-electron chi connectivity index (χ4n) is 0.753. The van der Waals surface area contributed by atoms with Crippen molar-refractivity contribution < 1.29 is 0 Å². The monoisotopic (exact) mass is 182 g/mol. The molecule has 1 aromatic rings. The van der Waals surface area contributed by atoms with Gasteiger partial charge in [0, 0.05) is 0 Å². The molecule has 1 aromatic carbocycles. The van der Waals surface area contributed by atoms with Gasteiger partial charge in [0.1, 0.15) is 0 Å². The molecule has 0 aliphatic carbocycles. The maximum absolute atomic E-state index is 2.19. The summed E-state index contributed by atoms with van der Waals surface area (Å²) in [5.41, 5.74) is 1.43. The van der Waals surface area contributed by atoms with Gasteiger partial charge in [0.05, 0.1) is 0 Å². The van der Waals surface area contributed by atoms with Crippen LogP contribution in [-0.2, 0) is 6.42 Å². The summed E-state index contributed by atoms with van der Waals surface area (Å²) >= 11 is 1.69. The van der Waals surface area contributed by atoms with Gasteiger partial charge in [0.2, 0.25) is 0 Å². The van der Waals surface area contributed by atoms with Crippen molar-refractivity contribution in [2.45, 2.75) is 13.3 Å². The molecule has 0 amide bonds. The SMILES string of the molecule is CCc1ccc([AsH2])cc1. The second kappa shape index (κ2) is 3.08. The van der Waals surface area contributed by atoms with Gasteiger partial charge in [-0.05, 0) is 0 Å². The van der Waals surface area contributed by atoms with Gasteiger partial charge >= 0.3 is 64.4 Å². The molecule has 0 aliphatic heterocycles. The molecular formula is C8H11As. The summed E-state index contributed by atoms with van der Waals surface area (Å²) in [6.07, 6.45) is 1.15. The Morgan fingerprint density at radius 1 is 1.22 bits per heavy atom. The molecule has 0 radical (unpaired) electrons. The molecule has 1 heteroatoms. The summed E-state index contributed by atoms with van der Waals surface area (Å²) in [5.74, 6) is 0. The van der Waals surface area contributed by atoms with E-state index in [4.69, 9.17) is 0 Å². The van der Waals surface area contributed by atoms with Gasteiger partial charge in [-0.1, -0.05) is 0 Å². The summed E-state index contributed by atoms with van der Waals surface area (Å²) in [6.45, 7) is 2.18. The first-order chi connectivity index (χ1) is 4.33. The average Bonchev–Trinajstić information content (AvgIpc) is 1.90. The molecule has 0 aliphatic rings. The third-order valence-electron chi connectivity index (χ3n) is 1.39. The van der Waals surface area contributed by atoms with Crippen LogP contribution < -0.4 is 4.35 Å². The predicted molar refractivity (Wildman–Crippen MR) is 44.0 cm³/mol. The van der Waals surface area contributed by atoms with E-state index in [-0.39, 0.29) is 0 Å². The molecule has 0 fully saturated rings. The van der Waals surface area contributed by atoms with Crippen LogP contribution in [0, 0.1) is 0 Å². The fraction of sp³-hybridized carbons (Fsp3) is 0.250. The molecule has 1 atom stereocenters. The predicted octanol–water partition coefficient (Wildman–Crippen LogP) is 0.507. The van der Waals surface area contributed by atoms with Crippen LogP contribution in [0.25, 0.3) is 0 Å². The van der Waals surface area contributed by atoms with Crippen LogP contribution in [0.15, 0.2) is 24.3 Å². The molecule has 0 spiro atoms. The van der Waals surface area contributed by atoms with Crippen LogP contribution in [0.5, 0.6) is 0 Å². The van der Waals surface area contributed by atoms with Crippen LogP contribution in [0.3, 0.4) is 0 Å². The van der Waals surface area contributed by atoms with Crippen LogP contribution in [-0.4, -0.2) is 16.9 Å². The second-order valence-corrected chi connectivity index (χ2v) is 3.49. The summed E-state index contributed by atoms with van der Waals surface area (Å²) in [6, 6.07) is 8.74. The summed E-state index contributed by atoms with van der Waals surface area (Å²) in [7, 11) is 0. The Kier molecular flexibility index (Phi) is 2.36. The number of rotatable bonds is 1. The summed E-state index contributed by atoms with van der Waals surface area (Å²) in [4.78, 5) is 0. The topological polar surface area (TPSA) is 0 Å². The zero-order valence-corrected chi connectivity index (χ0v) is 8.02. The summed E-state index contributed by atoms with van der Waals surface area (Å²) in [5, 5.41) is 0. The van der Waals surface area contributed by atoms with Gasteiger partial charge < -0.3 is 0 Å². The van der Waals surface area contributed by atoms with E-state index in [0.29, 0.717) is 0 Å². The number of hydrogen-bond acceptors (Lipinski definition) is 0. The van der Waals surface area contributed by atoms with Crippen LogP contribution >= 0.6 is 0 Å². The first-order valence-corrected chi connectivity index (χ1v) is 4.38. The Hall–Kier alpha value is -0.222. The first kappa shape index (κ1) is 6.89. The number of aryl methyl sites for hydroxylation is 1. The van der Waals surface area contributed by atoms with E-state index < -0.39 is 0 Å². The van der Waals surface area contributed by atoms with Crippen LogP contribution in [0.1, 0.15) is 12.5 Å². The van der Waals surface area contributed by atoms with Crippen molar-refractivity contribution in [3.05, 3.63) is 29.8 Å². The number of hydrogen-bond donors (Lipinski definition) is 0. The van der Waals surface area contributed by atoms with Crippen molar-refractivity contribution in [2.24, 2.45) is 0 Å². The zero-order chi connectivity index (χ0) is 6.69. The molecule has 48 valence electrons. The molecule has 0 N–H and O–H groups in total. The molecule has 1 unspecified atom stereocenters. The van der Waals surface area contributed by atoms with E-state index in [2.05, 4.69) is 31.2 Å². The van der Waals surface area contributed by atoms with E-state index in [1.807, 2.05) is 0 Å². The fourth-order valence-corrected chi connectivity index (χ4v) is 1.16. The normalized spacial score (nSPS) is 9.56. The molecule has 0 aromatic heterocycles. The standard InChI is InChI=1S/C8H11As/c1-2-7-3-5-8(9)6-4-7/h3-6H,2,9H2,1H3. The van der Waals surface area contributed by atoms with Gasteiger partial charge in [0.15, 0.2) is 0 Å². The second-order valence-electron chi connectivity index (χ2n) is 2.10. The maximum atomic E-state index is 2.19. The molecule has 0 saturated carbocycles. The molecule has 0 nitrogen and oxygen atoms in total. The van der Waals surface area contributed by atoms with Crippen LogP contribution in [0.2, 0.25) is 0 Å².